The quantitative estimate of drug-likeness (QED) is 0.0474. The molecule has 0 aromatic heterocycles. The summed E-state index contributed by atoms with van der Waals surface area (Å²) in [4.78, 5) is 66.3. The Balaban J connectivity index is 0.731. The number of hydrogen-bond acceptors (Lipinski definition) is 15. The van der Waals surface area contributed by atoms with Crippen molar-refractivity contribution < 1.29 is 66.6 Å². The normalized spacial score (nSPS) is 34.1. The summed E-state index contributed by atoms with van der Waals surface area (Å²) < 4.78 is 56.5. The summed E-state index contributed by atoms with van der Waals surface area (Å²) in [5, 5.41) is 17.6. The molecule has 7 rings (SSSR count). The molecule has 13 atom stereocenters. The number of carbonyl (C=O) groups is 5. The number of Topliss-reactive ketones (excluding diaryl/α,β-unsaturated/α-hetero) is 1. The molecule has 0 radical (unpaired) electrons. The number of ether oxygens (including phenoxy) is 7. The number of amides is 3. The molecule has 0 spiro atoms. The average Bonchev–Trinajstić information content (AvgIpc) is 3.70. The van der Waals surface area contributed by atoms with Gasteiger partial charge in [0.1, 0.15) is 6.17 Å². The van der Waals surface area contributed by atoms with Crippen molar-refractivity contribution >= 4 is 51.2 Å². The third-order valence-corrected chi connectivity index (χ3v) is 19.6. The highest BCUT2D eigenvalue weighted by Crippen LogP contribution is 2.70. The summed E-state index contributed by atoms with van der Waals surface area (Å²) in [7, 11) is 4.68. The van der Waals surface area contributed by atoms with Crippen LogP contribution in [0.15, 0.2) is 23.8 Å². The maximum Gasteiger partial charge on any atom is 0.409 e. The maximum absolute atomic E-state index is 16.0. The number of rotatable bonds is 26. The highest BCUT2D eigenvalue weighted by atomic mass is 33.1. The molecule has 402 valence electrons. The van der Waals surface area contributed by atoms with Gasteiger partial charge in [0.15, 0.2) is 24.3 Å². The molecular weight excluding hydrogens is 970 g/mol. The molecule has 1 heterocycles. The van der Waals surface area contributed by atoms with E-state index in [9.17, 15) is 29.1 Å². The van der Waals surface area contributed by atoms with Gasteiger partial charge < -0.3 is 53.8 Å². The number of fused-ring (bicyclic) bond motifs is 8. The third kappa shape index (κ3) is 13.1. The Kier molecular flexibility index (Phi) is 19.7. The molecule has 1 aliphatic heterocycles. The lowest BCUT2D eigenvalue weighted by atomic mass is 9.46. The monoisotopic (exact) mass is 1050 g/mol. The zero-order valence-corrected chi connectivity index (χ0v) is 44.7. The Hall–Kier alpha value is -3.22. The summed E-state index contributed by atoms with van der Waals surface area (Å²) >= 11 is 0. The van der Waals surface area contributed by atoms with Gasteiger partial charge in [-0.15, -0.1) is 11.8 Å². The van der Waals surface area contributed by atoms with E-state index in [1.165, 1.54) is 27.8 Å². The van der Waals surface area contributed by atoms with Crippen LogP contribution >= 0.6 is 21.6 Å². The second kappa shape index (κ2) is 25.1. The van der Waals surface area contributed by atoms with E-state index < -0.39 is 70.4 Å². The lowest BCUT2D eigenvalue weighted by molar-refractivity contribution is -0.202. The van der Waals surface area contributed by atoms with Crippen LogP contribution < -0.4 is 10.6 Å². The fourth-order valence-corrected chi connectivity index (χ4v) is 15.4. The van der Waals surface area contributed by atoms with Gasteiger partial charge in [0.25, 0.3) is 0 Å². The molecule has 0 aromatic rings. The SMILES string of the molecule is CCCC1O[C@@H]2CC3[C@@H]4C[C@H](F)C5=CC(=O)C=C[C@]5(C)C4[C@@H](O)C[C@]3(C)[C@]2(C(=O)COC(=O)N(C)CCSSC(C)(C)CC(=O)NCCOCCOCCOCCNC(=O)OCC2[C@H]3CCC#CCC[C@@H]23)O1. The van der Waals surface area contributed by atoms with Gasteiger partial charge in [0.05, 0.1) is 58.5 Å². The van der Waals surface area contributed by atoms with Crippen molar-refractivity contribution in [3.63, 3.8) is 0 Å². The van der Waals surface area contributed by atoms with Crippen molar-refractivity contribution in [1.29, 1.82) is 0 Å². The van der Waals surface area contributed by atoms with Crippen molar-refractivity contribution in [2.24, 2.45) is 46.3 Å². The van der Waals surface area contributed by atoms with Gasteiger partial charge in [-0.25, -0.2) is 14.0 Å². The number of hydrogen-bond donors (Lipinski definition) is 3. The number of aliphatic hydroxyl groups excluding tert-OH is 1. The Labute approximate surface area is 432 Å². The van der Waals surface area contributed by atoms with Crippen LogP contribution in [-0.4, -0.2) is 160 Å². The fraction of sp³-hybridized carbons (Fsp3) is 0.792. The topological polar surface area (TPSA) is 197 Å². The van der Waals surface area contributed by atoms with Crippen LogP contribution in [0.2, 0.25) is 0 Å². The van der Waals surface area contributed by atoms with E-state index in [2.05, 4.69) is 22.5 Å². The molecule has 5 fully saturated rings. The Morgan fingerprint density at radius 3 is 2.31 bits per heavy atom. The van der Waals surface area contributed by atoms with Crippen LogP contribution in [0.25, 0.3) is 0 Å². The van der Waals surface area contributed by atoms with Gasteiger partial charge >= 0.3 is 12.2 Å². The van der Waals surface area contributed by atoms with Crippen LogP contribution in [0.3, 0.4) is 0 Å². The third-order valence-electron chi connectivity index (χ3n) is 16.3. The van der Waals surface area contributed by atoms with Gasteiger partial charge in [0, 0.05) is 73.2 Å². The molecule has 16 nitrogen and oxygen atoms in total. The van der Waals surface area contributed by atoms with E-state index >= 15 is 4.39 Å². The van der Waals surface area contributed by atoms with Crippen molar-refractivity contribution in [2.45, 2.75) is 134 Å². The zero-order chi connectivity index (χ0) is 51.7. The first-order chi connectivity index (χ1) is 34.4. The summed E-state index contributed by atoms with van der Waals surface area (Å²) in [5.41, 5.74) is -2.89. The minimum atomic E-state index is -1.50. The highest BCUT2D eigenvalue weighted by molar-refractivity contribution is 8.77. The summed E-state index contributed by atoms with van der Waals surface area (Å²) in [6.45, 7) is 13.0. The Morgan fingerprint density at radius 2 is 1.62 bits per heavy atom. The van der Waals surface area contributed by atoms with Gasteiger partial charge in [0.2, 0.25) is 11.7 Å². The Bertz CT molecular complexity index is 2050. The van der Waals surface area contributed by atoms with Crippen molar-refractivity contribution in [3.05, 3.63) is 23.8 Å². The van der Waals surface area contributed by atoms with Crippen LogP contribution in [0.5, 0.6) is 0 Å². The van der Waals surface area contributed by atoms with Crippen LogP contribution in [0.1, 0.15) is 98.8 Å². The van der Waals surface area contributed by atoms with Crippen LogP contribution in [0.4, 0.5) is 14.0 Å². The second-order valence-corrected chi connectivity index (χ2v) is 24.7. The van der Waals surface area contributed by atoms with Gasteiger partial charge in [-0.3, -0.25) is 14.4 Å². The molecule has 3 N–H and O–H groups in total. The number of alkyl carbamates (subject to hydrolysis) is 1. The standard InChI is InChI=1S/C53H78FN3O13S2/c1-7-12-46-69-44-29-39-37-28-41(54)40-27-34(58)15-16-51(40,4)47(37)42(59)30-52(39,5)53(44,70-46)43(60)33-68-49(63)57(6)19-26-71-72-50(2,3)31-45(61)55-17-20-64-22-24-66-25-23-65-21-18-56-48(62)67-32-38-35-13-10-8-9-11-14-36(35)38/h15-16,27,35-39,41-42,44,46-47,59H,7,10-14,17-26,28-33H2,1-6H3,(H,55,61)(H,56,62)/t35-,36+,37-,38?,39?,41-,42-,44+,46?,47?,51-,52-,53+/m0/s1. The molecule has 4 unspecified atom stereocenters. The number of aliphatic hydroxyl groups is 1. The zero-order valence-electron chi connectivity index (χ0n) is 43.0. The second-order valence-electron chi connectivity index (χ2n) is 21.6. The van der Waals surface area contributed by atoms with E-state index in [1.807, 2.05) is 34.6 Å². The molecule has 19 heteroatoms. The summed E-state index contributed by atoms with van der Waals surface area (Å²) in [6, 6.07) is 0. The Morgan fingerprint density at radius 1 is 0.958 bits per heavy atom. The predicted molar refractivity (Wildman–Crippen MR) is 270 cm³/mol. The molecule has 1 saturated heterocycles. The van der Waals surface area contributed by atoms with Crippen LogP contribution in [0, 0.1) is 58.2 Å². The number of alkyl halides is 1. The highest BCUT2D eigenvalue weighted by Gasteiger charge is 2.76. The lowest BCUT2D eigenvalue weighted by Crippen LogP contribution is -2.64. The number of ketones is 2. The number of nitrogens with zero attached hydrogens (tertiary/aromatic N) is 1. The first kappa shape index (κ1) is 56.5. The van der Waals surface area contributed by atoms with Gasteiger partial charge in [-0.1, -0.05) is 54.9 Å². The first-order valence-corrected chi connectivity index (χ1v) is 28.4. The predicted octanol–water partition coefficient (Wildman–Crippen LogP) is 6.62. The smallest absolute Gasteiger partial charge is 0.409 e. The molecule has 3 amide bonds. The number of allylic oxidation sites excluding steroid dienone is 4. The number of halogens is 1. The van der Waals surface area contributed by atoms with Crippen molar-refractivity contribution in [3.8, 4) is 11.8 Å². The van der Waals surface area contributed by atoms with E-state index in [4.69, 9.17) is 33.2 Å². The minimum absolute atomic E-state index is 0.102. The average molecular weight is 1050 g/mol. The van der Waals surface area contributed by atoms with E-state index in [0.29, 0.717) is 108 Å². The van der Waals surface area contributed by atoms with E-state index in [-0.39, 0.29) is 48.7 Å². The number of carbonyl (C=O) groups excluding carboxylic acids is 5. The largest absolute Gasteiger partial charge is 0.449 e. The molecule has 0 aromatic carbocycles. The first-order valence-electron chi connectivity index (χ1n) is 26.1. The minimum Gasteiger partial charge on any atom is -0.449 e. The van der Waals surface area contributed by atoms with Gasteiger partial charge in [-0.2, -0.15) is 0 Å². The van der Waals surface area contributed by atoms with Gasteiger partial charge in [-0.05, 0) is 99.7 Å². The van der Waals surface area contributed by atoms with Crippen molar-refractivity contribution in [2.75, 3.05) is 85.3 Å². The van der Waals surface area contributed by atoms with E-state index in [0.717, 1.165) is 32.1 Å². The maximum atomic E-state index is 16.0. The molecular formula is C53H78FN3O13S2. The fourth-order valence-electron chi connectivity index (χ4n) is 12.8. The van der Waals surface area contributed by atoms with E-state index in [1.54, 1.807) is 23.9 Å². The molecule has 4 saturated carbocycles. The van der Waals surface area contributed by atoms with Crippen molar-refractivity contribution in [1.82, 2.24) is 15.5 Å². The molecule has 72 heavy (non-hydrogen) atoms. The summed E-state index contributed by atoms with van der Waals surface area (Å²) in [6.07, 6.45) is 6.34. The molecule has 6 aliphatic carbocycles. The summed E-state index contributed by atoms with van der Waals surface area (Å²) in [5.74, 6) is 6.98. The molecule has 0 bridgehead atoms. The number of nitrogens with one attached hydrogen (secondary N) is 2. The molecule has 7 aliphatic rings. The van der Waals surface area contributed by atoms with Crippen LogP contribution in [-0.2, 0) is 47.5 Å². The lowest BCUT2D eigenvalue weighted by Gasteiger charge is -2.60.